The number of carbonyl (C=O) groups excluding carboxylic acids is 1. The van der Waals surface area contributed by atoms with Gasteiger partial charge in [-0.1, -0.05) is 37.7 Å². The van der Waals surface area contributed by atoms with Crippen LogP contribution in [0.4, 0.5) is 0 Å². The van der Waals surface area contributed by atoms with Crippen molar-refractivity contribution in [3.63, 3.8) is 0 Å². The van der Waals surface area contributed by atoms with E-state index in [0.717, 1.165) is 11.8 Å². The number of nitrogens with one attached hydrogen (secondary N) is 1. The second-order valence-corrected chi connectivity index (χ2v) is 6.81. The molecule has 1 N–H and O–H groups in total. The molecule has 0 aliphatic heterocycles. The van der Waals surface area contributed by atoms with Crippen LogP contribution in [-0.2, 0) is 4.79 Å². The van der Waals surface area contributed by atoms with Crippen molar-refractivity contribution < 1.29 is 13.9 Å². The van der Waals surface area contributed by atoms with Gasteiger partial charge in [0.05, 0.1) is 24.5 Å². The summed E-state index contributed by atoms with van der Waals surface area (Å²) in [6, 6.07) is 9.44. The number of ether oxygens (including phenoxy) is 1. The molecule has 1 atom stereocenters. The molecule has 1 unspecified atom stereocenters. The number of carbonyl (C=O) groups is 1. The van der Waals surface area contributed by atoms with Gasteiger partial charge < -0.3 is 14.5 Å². The van der Waals surface area contributed by atoms with E-state index in [1.165, 1.54) is 0 Å². The van der Waals surface area contributed by atoms with E-state index in [0.29, 0.717) is 17.2 Å². The Morgan fingerprint density at radius 1 is 1.44 bits per heavy atom. The first kappa shape index (κ1) is 18.8. The molecule has 1 aromatic heterocycles. The molecule has 2 aromatic rings. The van der Waals surface area contributed by atoms with Gasteiger partial charge in [0, 0.05) is 0 Å². The van der Waals surface area contributed by atoms with Gasteiger partial charge in [0.25, 0.3) is 11.1 Å². The highest BCUT2D eigenvalue weighted by Gasteiger charge is 2.30. The second-order valence-electron chi connectivity index (χ2n) is 5.88. The fraction of sp³-hybridized carbons (Fsp3) is 0.412. The molecule has 0 saturated carbocycles. The van der Waals surface area contributed by atoms with E-state index in [-0.39, 0.29) is 22.8 Å². The monoisotopic (exact) mass is 360 g/mol. The summed E-state index contributed by atoms with van der Waals surface area (Å²) in [6.07, 6.45) is 0. The SMILES string of the molecule is COc1ccccc1-c1nnc(SCC(=O)NC(C)(C#N)C(C)C)o1. The number of rotatable bonds is 7. The van der Waals surface area contributed by atoms with Crippen LogP contribution in [0.15, 0.2) is 33.9 Å². The van der Waals surface area contributed by atoms with Crippen LogP contribution in [0, 0.1) is 17.2 Å². The van der Waals surface area contributed by atoms with E-state index in [1.807, 2.05) is 32.0 Å². The summed E-state index contributed by atoms with van der Waals surface area (Å²) in [5.41, 5.74) is -0.222. The van der Waals surface area contributed by atoms with E-state index >= 15 is 0 Å². The Kier molecular flexibility index (Phi) is 6.04. The minimum atomic E-state index is -0.908. The molecule has 0 bridgehead atoms. The highest BCUT2D eigenvalue weighted by atomic mass is 32.2. The summed E-state index contributed by atoms with van der Waals surface area (Å²) in [4.78, 5) is 12.1. The average molecular weight is 360 g/mol. The lowest BCUT2D eigenvalue weighted by Gasteiger charge is -2.27. The molecule has 1 aromatic carbocycles. The standard InChI is InChI=1S/C17H20N4O3S/c1-11(2)17(3,10-18)19-14(22)9-25-16-21-20-15(24-16)12-7-5-6-8-13(12)23-4/h5-8,11H,9H2,1-4H3,(H,19,22). The number of hydrogen-bond acceptors (Lipinski definition) is 7. The van der Waals surface area contributed by atoms with E-state index in [9.17, 15) is 10.1 Å². The van der Waals surface area contributed by atoms with E-state index in [4.69, 9.17) is 9.15 Å². The van der Waals surface area contributed by atoms with E-state index < -0.39 is 5.54 Å². The minimum Gasteiger partial charge on any atom is -0.496 e. The maximum atomic E-state index is 12.1. The molecule has 0 aliphatic rings. The Morgan fingerprint density at radius 2 is 2.16 bits per heavy atom. The van der Waals surface area contributed by atoms with Crippen molar-refractivity contribution in [1.29, 1.82) is 5.26 Å². The van der Waals surface area contributed by atoms with Crippen LogP contribution in [-0.4, -0.2) is 34.5 Å². The zero-order chi connectivity index (χ0) is 18.4. The summed E-state index contributed by atoms with van der Waals surface area (Å²) in [6.45, 7) is 5.47. The van der Waals surface area contributed by atoms with Crippen molar-refractivity contribution in [3.05, 3.63) is 24.3 Å². The third-order valence-corrected chi connectivity index (χ3v) is 4.68. The zero-order valence-electron chi connectivity index (χ0n) is 14.6. The fourth-order valence-corrected chi connectivity index (χ4v) is 2.52. The summed E-state index contributed by atoms with van der Waals surface area (Å²) in [7, 11) is 1.57. The van der Waals surface area contributed by atoms with Gasteiger partial charge in [-0.3, -0.25) is 4.79 Å². The molecule has 0 fully saturated rings. The van der Waals surface area contributed by atoms with Gasteiger partial charge in [-0.15, -0.1) is 10.2 Å². The highest BCUT2D eigenvalue weighted by molar-refractivity contribution is 7.99. The number of aromatic nitrogens is 2. The topological polar surface area (TPSA) is 101 Å². The number of nitrogens with zero attached hydrogens (tertiary/aromatic N) is 3. The largest absolute Gasteiger partial charge is 0.496 e. The number of methoxy groups -OCH3 is 1. The first-order valence-corrected chi connectivity index (χ1v) is 8.70. The molecule has 1 amide bonds. The van der Waals surface area contributed by atoms with Gasteiger partial charge in [0.2, 0.25) is 5.91 Å². The number of hydrogen-bond donors (Lipinski definition) is 1. The predicted molar refractivity (Wildman–Crippen MR) is 94.0 cm³/mol. The second kappa shape index (κ2) is 8.03. The number of benzene rings is 1. The van der Waals surface area contributed by atoms with Crippen molar-refractivity contribution in [2.24, 2.45) is 5.92 Å². The molecule has 7 nitrogen and oxygen atoms in total. The summed E-state index contributed by atoms with van der Waals surface area (Å²) < 4.78 is 10.8. The van der Waals surface area contributed by atoms with Crippen molar-refractivity contribution in [3.8, 4) is 23.3 Å². The zero-order valence-corrected chi connectivity index (χ0v) is 15.4. The minimum absolute atomic E-state index is 0.00741. The fourth-order valence-electron chi connectivity index (χ4n) is 1.95. The molecule has 25 heavy (non-hydrogen) atoms. The van der Waals surface area contributed by atoms with Crippen LogP contribution in [0.5, 0.6) is 5.75 Å². The molecule has 8 heteroatoms. The molecule has 0 radical (unpaired) electrons. The van der Waals surface area contributed by atoms with Gasteiger partial charge >= 0.3 is 0 Å². The Labute approximate surface area is 150 Å². The van der Waals surface area contributed by atoms with E-state index in [2.05, 4.69) is 21.6 Å². The highest BCUT2D eigenvalue weighted by Crippen LogP contribution is 2.30. The molecule has 1 heterocycles. The van der Waals surface area contributed by atoms with Crippen molar-refractivity contribution in [2.45, 2.75) is 31.5 Å². The molecular formula is C17H20N4O3S. The van der Waals surface area contributed by atoms with Crippen LogP contribution in [0.2, 0.25) is 0 Å². The third-order valence-electron chi connectivity index (χ3n) is 3.86. The molecular weight excluding hydrogens is 340 g/mol. The van der Waals surface area contributed by atoms with Gasteiger partial charge in [0.1, 0.15) is 11.3 Å². The van der Waals surface area contributed by atoms with Crippen LogP contribution in [0.1, 0.15) is 20.8 Å². The molecule has 0 aliphatic carbocycles. The van der Waals surface area contributed by atoms with Gasteiger partial charge in [-0.05, 0) is 25.0 Å². The average Bonchev–Trinajstić information content (AvgIpc) is 3.08. The number of thioether (sulfide) groups is 1. The van der Waals surface area contributed by atoms with Crippen molar-refractivity contribution in [2.75, 3.05) is 12.9 Å². The number of amides is 1. The quantitative estimate of drug-likeness (QED) is 0.758. The summed E-state index contributed by atoms with van der Waals surface area (Å²) >= 11 is 1.12. The van der Waals surface area contributed by atoms with Crippen molar-refractivity contribution >= 4 is 17.7 Å². The first-order chi connectivity index (χ1) is 11.9. The first-order valence-electron chi connectivity index (χ1n) is 7.71. The summed E-state index contributed by atoms with van der Waals surface area (Å²) in [5, 5.41) is 20.2. The van der Waals surface area contributed by atoms with Crippen molar-refractivity contribution in [1.82, 2.24) is 15.5 Å². The number of para-hydroxylation sites is 1. The predicted octanol–water partition coefficient (Wildman–Crippen LogP) is 2.89. The van der Waals surface area contributed by atoms with Crippen LogP contribution < -0.4 is 10.1 Å². The maximum absolute atomic E-state index is 12.1. The smallest absolute Gasteiger partial charge is 0.277 e. The van der Waals surface area contributed by atoms with Gasteiger partial charge in [-0.2, -0.15) is 5.26 Å². The maximum Gasteiger partial charge on any atom is 0.277 e. The van der Waals surface area contributed by atoms with Gasteiger partial charge in [-0.25, -0.2) is 0 Å². The van der Waals surface area contributed by atoms with Crippen LogP contribution in [0.25, 0.3) is 11.5 Å². The molecule has 132 valence electrons. The Balaban J connectivity index is 2.00. The lowest BCUT2D eigenvalue weighted by molar-refractivity contribution is -0.120. The lowest BCUT2D eigenvalue weighted by atomic mass is 9.90. The Bertz CT molecular complexity index is 784. The van der Waals surface area contributed by atoms with Gasteiger partial charge in [0.15, 0.2) is 0 Å². The third kappa shape index (κ3) is 4.51. The normalized spacial score (nSPS) is 13.1. The molecule has 0 saturated heterocycles. The van der Waals surface area contributed by atoms with E-state index in [1.54, 1.807) is 20.1 Å². The lowest BCUT2D eigenvalue weighted by Crippen LogP contribution is -2.49. The number of nitriles is 1. The van der Waals surface area contributed by atoms with Crippen LogP contribution in [0.3, 0.4) is 0 Å². The molecule has 2 rings (SSSR count). The molecule has 0 spiro atoms. The Hall–Kier alpha value is -2.53. The van der Waals surface area contributed by atoms with Crippen LogP contribution >= 0.6 is 11.8 Å². The Morgan fingerprint density at radius 3 is 2.80 bits per heavy atom. The summed E-state index contributed by atoms with van der Waals surface area (Å²) in [5.74, 6) is 0.760.